The molecule has 5 nitrogen and oxygen atoms in total. The van der Waals surface area contributed by atoms with Crippen molar-refractivity contribution in [3.05, 3.63) is 40.3 Å². The first-order valence-corrected chi connectivity index (χ1v) is 8.53. The van der Waals surface area contributed by atoms with Crippen LogP contribution in [0.4, 0.5) is 11.4 Å². The molecule has 120 valence electrons. The van der Waals surface area contributed by atoms with Crippen molar-refractivity contribution >= 4 is 34.5 Å². The van der Waals surface area contributed by atoms with Crippen molar-refractivity contribution in [1.82, 2.24) is 4.98 Å². The zero-order valence-corrected chi connectivity index (χ0v) is 14.2. The van der Waals surface area contributed by atoms with E-state index in [2.05, 4.69) is 24.1 Å². The fourth-order valence-electron chi connectivity index (χ4n) is 2.65. The largest absolute Gasteiger partial charge is 0.324 e. The molecule has 1 aromatic heterocycles. The Balaban J connectivity index is 2.02. The topological polar surface area (TPSA) is 62.3 Å². The summed E-state index contributed by atoms with van der Waals surface area (Å²) in [7, 11) is 0. The van der Waals surface area contributed by atoms with Crippen LogP contribution in [0.3, 0.4) is 0 Å². The minimum Gasteiger partial charge on any atom is -0.324 e. The van der Waals surface area contributed by atoms with Crippen molar-refractivity contribution in [2.75, 3.05) is 10.2 Å². The van der Waals surface area contributed by atoms with Crippen molar-refractivity contribution in [3.8, 4) is 0 Å². The highest BCUT2D eigenvalue weighted by atomic mass is 32.1. The van der Waals surface area contributed by atoms with E-state index in [4.69, 9.17) is 0 Å². The number of aromatic nitrogens is 1. The van der Waals surface area contributed by atoms with E-state index < -0.39 is 0 Å². The number of para-hydroxylation sites is 2. The first-order valence-electron chi connectivity index (χ1n) is 7.65. The second-order valence-electron chi connectivity index (χ2n) is 6.03. The number of rotatable bonds is 2. The number of amides is 2. The highest BCUT2D eigenvalue weighted by molar-refractivity contribution is 7.11. The van der Waals surface area contributed by atoms with Gasteiger partial charge in [-0.1, -0.05) is 26.0 Å². The van der Waals surface area contributed by atoms with Gasteiger partial charge < -0.3 is 10.2 Å². The van der Waals surface area contributed by atoms with Crippen molar-refractivity contribution in [3.63, 3.8) is 0 Å². The molecule has 2 aromatic rings. The van der Waals surface area contributed by atoms with Gasteiger partial charge in [0.15, 0.2) is 5.01 Å². The maximum Gasteiger partial charge on any atom is 0.287 e. The zero-order valence-electron chi connectivity index (χ0n) is 13.4. The molecule has 1 aliphatic heterocycles. The maximum absolute atomic E-state index is 13.0. The van der Waals surface area contributed by atoms with E-state index in [-0.39, 0.29) is 30.2 Å². The number of thiazole rings is 1. The molecule has 0 aliphatic carbocycles. The lowest BCUT2D eigenvalue weighted by molar-refractivity contribution is -0.116. The standard InChI is InChI=1S/C17H19N3O2S/c1-10(2)13-9-23-16(19-13)17(22)20-11(3)8-15(21)18-12-6-4-5-7-14(12)20/h4-7,9-11H,8H2,1-3H3,(H,18,21)/t11-/m1/s1. The lowest BCUT2D eigenvalue weighted by Crippen LogP contribution is -2.39. The Morgan fingerprint density at radius 2 is 2.13 bits per heavy atom. The Kier molecular flexibility index (Phi) is 4.17. The van der Waals surface area contributed by atoms with Crippen LogP contribution in [-0.4, -0.2) is 22.8 Å². The van der Waals surface area contributed by atoms with Crippen LogP contribution in [0.2, 0.25) is 0 Å². The third-order valence-corrected chi connectivity index (χ3v) is 4.72. The summed E-state index contributed by atoms with van der Waals surface area (Å²) in [6, 6.07) is 7.15. The second kappa shape index (κ2) is 6.12. The molecule has 0 saturated carbocycles. The van der Waals surface area contributed by atoms with E-state index in [1.165, 1.54) is 11.3 Å². The maximum atomic E-state index is 13.0. The average molecular weight is 329 g/mol. The van der Waals surface area contributed by atoms with E-state index in [1.807, 2.05) is 36.6 Å². The molecular formula is C17H19N3O2S. The number of nitrogens with zero attached hydrogens (tertiary/aromatic N) is 2. The quantitative estimate of drug-likeness (QED) is 0.915. The van der Waals surface area contributed by atoms with Crippen LogP contribution in [0.25, 0.3) is 0 Å². The number of hydrogen-bond acceptors (Lipinski definition) is 4. The van der Waals surface area contributed by atoms with E-state index in [1.54, 1.807) is 4.90 Å². The fourth-order valence-corrected chi connectivity index (χ4v) is 3.56. The summed E-state index contributed by atoms with van der Waals surface area (Å²) in [5.74, 6) is 0.0468. The molecule has 0 unspecified atom stereocenters. The molecule has 3 rings (SSSR count). The van der Waals surface area contributed by atoms with Gasteiger partial charge in [-0.2, -0.15) is 0 Å². The predicted molar refractivity (Wildman–Crippen MR) is 92.2 cm³/mol. The van der Waals surface area contributed by atoms with E-state index in [0.29, 0.717) is 10.7 Å². The number of fused-ring (bicyclic) bond motifs is 1. The Morgan fingerprint density at radius 1 is 1.39 bits per heavy atom. The van der Waals surface area contributed by atoms with Crippen LogP contribution in [-0.2, 0) is 4.79 Å². The number of anilines is 2. The third kappa shape index (κ3) is 2.99. The minimum atomic E-state index is -0.224. The molecule has 1 aromatic carbocycles. The zero-order chi connectivity index (χ0) is 16.6. The molecule has 1 aliphatic rings. The second-order valence-corrected chi connectivity index (χ2v) is 6.88. The van der Waals surface area contributed by atoms with E-state index in [9.17, 15) is 9.59 Å². The van der Waals surface area contributed by atoms with Crippen LogP contribution in [0.5, 0.6) is 0 Å². The molecule has 1 N–H and O–H groups in total. The van der Waals surface area contributed by atoms with Gasteiger partial charge >= 0.3 is 0 Å². The molecule has 2 heterocycles. The monoisotopic (exact) mass is 329 g/mol. The number of benzene rings is 1. The summed E-state index contributed by atoms with van der Waals surface area (Å²) >= 11 is 1.36. The molecule has 0 bridgehead atoms. The van der Waals surface area contributed by atoms with Gasteiger partial charge in [0.25, 0.3) is 5.91 Å². The van der Waals surface area contributed by atoms with Crippen molar-refractivity contribution in [2.24, 2.45) is 0 Å². The van der Waals surface area contributed by atoms with Gasteiger partial charge in [0.2, 0.25) is 5.91 Å². The third-order valence-electron chi connectivity index (χ3n) is 3.87. The molecule has 23 heavy (non-hydrogen) atoms. The van der Waals surface area contributed by atoms with Crippen LogP contribution in [0, 0.1) is 0 Å². The Bertz CT molecular complexity index is 754. The smallest absolute Gasteiger partial charge is 0.287 e. The SMILES string of the molecule is CC(C)c1csc(C(=O)N2c3ccccc3NC(=O)C[C@H]2C)n1. The van der Waals surface area contributed by atoms with Crippen molar-refractivity contribution in [1.29, 1.82) is 0 Å². The lowest BCUT2D eigenvalue weighted by Gasteiger charge is -2.26. The normalized spacial score (nSPS) is 17.7. The van der Waals surface area contributed by atoms with Gasteiger partial charge in [0, 0.05) is 17.8 Å². The highest BCUT2D eigenvalue weighted by Gasteiger charge is 2.31. The number of carbonyl (C=O) groups excluding carboxylic acids is 2. The summed E-state index contributed by atoms with van der Waals surface area (Å²) in [4.78, 5) is 31.1. The van der Waals surface area contributed by atoms with Gasteiger partial charge in [-0.3, -0.25) is 9.59 Å². The molecule has 6 heteroatoms. The predicted octanol–water partition coefficient (Wildman–Crippen LogP) is 3.64. The Labute approximate surface area is 139 Å². The minimum absolute atomic E-state index is 0.0812. The van der Waals surface area contributed by atoms with Gasteiger partial charge in [-0.25, -0.2) is 4.98 Å². The average Bonchev–Trinajstić information content (AvgIpc) is 2.94. The summed E-state index contributed by atoms with van der Waals surface area (Å²) in [6.07, 6.45) is 0.267. The van der Waals surface area contributed by atoms with Gasteiger partial charge in [0.05, 0.1) is 17.1 Å². The van der Waals surface area contributed by atoms with Gasteiger partial charge in [-0.15, -0.1) is 11.3 Å². The van der Waals surface area contributed by atoms with Crippen LogP contribution in [0.15, 0.2) is 29.6 Å². The highest BCUT2D eigenvalue weighted by Crippen LogP contribution is 2.33. The summed E-state index contributed by atoms with van der Waals surface area (Å²) < 4.78 is 0. The summed E-state index contributed by atoms with van der Waals surface area (Å²) in [6.45, 7) is 5.99. The molecule has 1 atom stereocenters. The van der Waals surface area contributed by atoms with Gasteiger partial charge in [0.1, 0.15) is 0 Å². The molecule has 0 fully saturated rings. The molecular weight excluding hydrogens is 310 g/mol. The van der Waals surface area contributed by atoms with Crippen molar-refractivity contribution in [2.45, 2.75) is 39.2 Å². The summed E-state index contributed by atoms with van der Waals surface area (Å²) in [5, 5.41) is 5.25. The number of nitrogens with one attached hydrogen (secondary N) is 1. The van der Waals surface area contributed by atoms with Gasteiger partial charge in [-0.05, 0) is 25.0 Å². The number of hydrogen-bond donors (Lipinski definition) is 1. The first kappa shape index (κ1) is 15.7. The number of carbonyl (C=O) groups is 2. The van der Waals surface area contributed by atoms with Crippen LogP contribution >= 0.6 is 11.3 Å². The Hall–Kier alpha value is -2.21. The molecule has 0 radical (unpaired) electrons. The molecule has 0 saturated heterocycles. The van der Waals surface area contributed by atoms with Crippen LogP contribution < -0.4 is 10.2 Å². The van der Waals surface area contributed by atoms with Crippen LogP contribution in [0.1, 0.15) is 48.6 Å². The first-order chi connectivity index (χ1) is 11.0. The lowest BCUT2D eigenvalue weighted by atomic mass is 10.1. The molecule has 0 spiro atoms. The fraction of sp³-hybridized carbons (Fsp3) is 0.353. The summed E-state index contributed by atoms with van der Waals surface area (Å²) in [5.41, 5.74) is 2.30. The van der Waals surface area contributed by atoms with E-state index in [0.717, 1.165) is 11.4 Å². The Morgan fingerprint density at radius 3 is 2.83 bits per heavy atom. The van der Waals surface area contributed by atoms with E-state index >= 15 is 0 Å². The van der Waals surface area contributed by atoms with Crippen molar-refractivity contribution < 1.29 is 9.59 Å². The molecule has 2 amide bonds.